The molecule has 2 unspecified atom stereocenters. The Kier molecular flexibility index (Phi) is 1.98. The minimum absolute atomic E-state index is 0.675. The fraction of sp³-hybridized carbons (Fsp3) is 0.400. The summed E-state index contributed by atoms with van der Waals surface area (Å²) in [7, 11) is 0. The van der Waals surface area contributed by atoms with Crippen LogP contribution >= 0.6 is 0 Å². The molecule has 0 saturated heterocycles. The van der Waals surface area contributed by atoms with Gasteiger partial charge in [-0.15, -0.1) is 0 Å². The molecule has 0 nitrogen and oxygen atoms in total. The van der Waals surface area contributed by atoms with Crippen molar-refractivity contribution in [2.75, 3.05) is 0 Å². The van der Waals surface area contributed by atoms with E-state index in [2.05, 4.69) is 60.7 Å². The van der Waals surface area contributed by atoms with Crippen molar-refractivity contribution in [1.82, 2.24) is 0 Å². The Morgan fingerprint density at radius 1 is 0.550 bits per heavy atom. The van der Waals surface area contributed by atoms with E-state index < -0.39 is 0 Å². The molecule has 0 radical (unpaired) electrons. The van der Waals surface area contributed by atoms with Crippen molar-refractivity contribution in [2.24, 2.45) is 10.8 Å². The van der Waals surface area contributed by atoms with Gasteiger partial charge in [0.05, 0.1) is 0 Å². The van der Waals surface area contributed by atoms with Crippen LogP contribution in [0.1, 0.15) is 48.6 Å². The first-order chi connectivity index (χ1) is 9.87. The van der Waals surface area contributed by atoms with Gasteiger partial charge in [-0.05, 0) is 59.5 Å². The topological polar surface area (TPSA) is 0 Å². The molecule has 20 heavy (non-hydrogen) atoms. The maximum Gasteiger partial charge on any atom is -0.00254 e. The Morgan fingerprint density at radius 3 is 1.20 bits per heavy atom. The average Bonchev–Trinajstić information content (AvgIpc) is 3.39. The predicted octanol–water partition coefficient (Wildman–Crippen LogP) is 5.13. The summed E-state index contributed by atoms with van der Waals surface area (Å²) in [4.78, 5) is 0. The van der Waals surface area contributed by atoms with Crippen molar-refractivity contribution >= 4 is 0 Å². The van der Waals surface area contributed by atoms with E-state index in [0.717, 1.165) is 11.8 Å². The van der Waals surface area contributed by atoms with Crippen LogP contribution in [0.4, 0.5) is 0 Å². The zero-order valence-corrected chi connectivity index (χ0v) is 11.8. The highest BCUT2D eigenvalue weighted by atomic mass is 14.8. The van der Waals surface area contributed by atoms with Crippen LogP contribution < -0.4 is 0 Å². The van der Waals surface area contributed by atoms with E-state index >= 15 is 0 Å². The number of rotatable bonds is 2. The second-order valence-electron chi connectivity index (χ2n) is 7.09. The summed E-state index contributed by atoms with van der Waals surface area (Å²) >= 11 is 0. The normalized spacial score (nSPS) is 31.0. The number of fused-ring (bicyclic) bond motifs is 1. The molecule has 5 rings (SSSR count). The van der Waals surface area contributed by atoms with Gasteiger partial charge in [0.25, 0.3) is 0 Å². The second kappa shape index (κ2) is 3.55. The maximum absolute atomic E-state index is 2.36. The predicted molar refractivity (Wildman–Crippen MR) is 81.7 cm³/mol. The first-order valence-electron chi connectivity index (χ1n) is 7.97. The molecule has 3 aliphatic rings. The summed E-state index contributed by atoms with van der Waals surface area (Å²) in [6.07, 6.45) is 5.87. The summed E-state index contributed by atoms with van der Waals surface area (Å²) < 4.78 is 0. The second-order valence-corrected chi connectivity index (χ2v) is 7.09. The maximum atomic E-state index is 2.36. The van der Waals surface area contributed by atoms with E-state index in [1.165, 1.54) is 25.7 Å². The van der Waals surface area contributed by atoms with Crippen LogP contribution in [0, 0.1) is 10.8 Å². The number of hydrogen-bond donors (Lipinski definition) is 0. The summed E-state index contributed by atoms with van der Waals surface area (Å²) in [5.41, 5.74) is 4.51. The third-order valence-corrected chi connectivity index (χ3v) is 6.41. The van der Waals surface area contributed by atoms with Gasteiger partial charge in [-0.3, -0.25) is 0 Å². The Morgan fingerprint density at radius 2 is 0.900 bits per heavy atom. The van der Waals surface area contributed by atoms with Crippen molar-refractivity contribution in [2.45, 2.75) is 37.5 Å². The molecule has 0 aliphatic heterocycles. The molecule has 0 heterocycles. The monoisotopic (exact) mass is 260 g/mol. The molecule has 2 spiro atoms. The molecular weight excluding hydrogens is 240 g/mol. The minimum atomic E-state index is 0.675. The van der Waals surface area contributed by atoms with Gasteiger partial charge in [-0.1, -0.05) is 60.7 Å². The smallest absolute Gasteiger partial charge is 0.00254 e. The van der Waals surface area contributed by atoms with Gasteiger partial charge in [0.1, 0.15) is 0 Å². The van der Waals surface area contributed by atoms with Crippen LogP contribution in [-0.4, -0.2) is 0 Å². The van der Waals surface area contributed by atoms with E-state index in [-0.39, 0.29) is 0 Å². The van der Waals surface area contributed by atoms with Gasteiger partial charge in [0.15, 0.2) is 0 Å². The van der Waals surface area contributed by atoms with Gasteiger partial charge in [0, 0.05) is 0 Å². The van der Waals surface area contributed by atoms with Gasteiger partial charge < -0.3 is 0 Å². The average molecular weight is 260 g/mol. The van der Waals surface area contributed by atoms with Gasteiger partial charge in [-0.25, -0.2) is 0 Å². The molecule has 2 atom stereocenters. The van der Waals surface area contributed by atoms with Crippen molar-refractivity contribution < 1.29 is 0 Å². The Labute approximate surface area is 120 Å². The zero-order valence-electron chi connectivity index (χ0n) is 11.8. The lowest BCUT2D eigenvalue weighted by Crippen LogP contribution is -2.47. The van der Waals surface area contributed by atoms with Gasteiger partial charge in [0.2, 0.25) is 0 Å². The quantitative estimate of drug-likeness (QED) is 0.702. The van der Waals surface area contributed by atoms with Crippen LogP contribution in [0.15, 0.2) is 60.7 Å². The number of hydrogen-bond acceptors (Lipinski definition) is 0. The van der Waals surface area contributed by atoms with E-state index in [1.807, 2.05) is 0 Å². The molecular formula is C20H20. The lowest BCUT2D eigenvalue weighted by Gasteiger charge is -2.56. The molecule has 0 bridgehead atoms. The van der Waals surface area contributed by atoms with Gasteiger partial charge >= 0.3 is 0 Å². The summed E-state index contributed by atoms with van der Waals surface area (Å²) in [5, 5.41) is 0. The first kappa shape index (κ1) is 11.1. The van der Waals surface area contributed by atoms with Crippen LogP contribution in [0.5, 0.6) is 0 Å². The summed E-state index contributed by atoms with van der Waals surface area (Å²) in [5.74, 6) is 1.54. The molecule has 100 valence electrons. The zero-order chi connectivity index (χ0) is 13.2. The molecule has 3 saturated carbocycles. The highest BCUT2D eigenvalue weighted by Crippen LogP contribution is 2.90. The third-order valence-electron chi connectivity index (χ3n) is 6.41. The fourth-order valence-corrected chi connectivity index (χ4v) is 5.39. The Bertz CT molecular complexity index is 573. The van der Waals surface area contributed by atoms with Gasteiger partial charge in [-0.2, -0.15) is 0 Å². The van der Waals surface area contributed by atoms with Crippen molar-refractivity contribution in [3.8, 4) is 0 Å². The summed E-state index contributed by atoms with van der Waals surface area (Å²) in [6, 6.07) is 22.6. The van der Waals surface area contributed by atoms with Crippen molar-refractivity contribution in [3.63, 3.8) is 0 Å². The summed E-state index contributed by atoms with van der Waals surface area (Å²) in [6.45, 7) is 0. The highest BCUT2D eigenvalue weighted by Gasteiger charge is 2.80. The molecule has 2 aromatic rings. The fourth-order valence-electron chi connectivity index (χ4n) is 5.39. The molecule has 3 aliphatic carbocycles. The van der Waals surface area contributed by atoms with Crippen LogP contribution in [-0.2, 0) is 0 Å². The Balaban J connectivity index is 1.62. The van der Waals surface area contributed by atoms with E-state index in [9.17, 15) is 0 Å². The van der Waals surface area contributed by atoms with Crippen LogP contribution in [0.3, 0.4) is 0 Å². The largest absolute Gasteiger partial charge is 0.0622 e. The highest BCUT2D eigenvalue weighted by molar-refractivity contribution is 5.47. The lowest BCUT2D eigenvalue weighted by molar-refractivity contribution is 0.0367. The van der Waals surface area contributed by atoms with E-state index in [0.29, 0.717) is 10.8 Å². The SMILES string of the molecule is c1ccc(C2C(c3ccccc3)C3(CC3)C23CC3)cc1. The third kappa shape index (κ3) is 1.19. The van der Waals surface area contributed by atoms with Crippen molar-refractivity contribution in [1.29, 1.82) is 0 Å². The number of benzene rings is 2. The first-order valence-corrected chi connectivity index (χ1v) is 7.97. The molecule has 0 amide bonds. The van der Waals surface area contributed by atoms with Crippen LogP contribution in [0.25, 0.3) is 0 Å². The van der Waals surface area contributed by atoms with E-state index in [1.54, 1.807) is 11.1 Å². The molecule has 3 fully saturated rings. The van der Waals surface area contributed by atoms with Crippen molar-refractivity contribution in [3.05, 3.63) is 71.8 Å². The molecule has 2 aromatic carbocycles. The molecule has 0 N–H and O–H groups in total. The minimum Gasteiger partial charge on any atom is -0.0622 e. The van der Waals surface area contributed by atoms with Crippen LogP contribution in [0.2, 0.25) is 0 Å². The molecule has 0 aromatic heterocycles. The lowest BCUT2D eigenvalue weighted by atomic mass is 9.47. The Hall–Kier alpha value is -1.56. The standard InChI is InChI=1S/C20H20/c1-3-7-15(8-4-1)17-18(16-9-5-2-6-10-16)20(13-14-20)19(17)11-12-19/h1-10,17-18H,11-14H2. The molecule has 0 heteroatoms. The van der Waals surface area contributed by atoms with E-state index in [4.69, 9.17) is 0 Å².